The number of rotatable bonds is 4. The van der Waals surface area contributed by atoms with E-state index in [0.29, 0.717) is 24.6 Å². The maximum absolute atomic E-state index is 15.4. The molecule has 0 bridgehead atoms. The van der Waals surface area contributed by atoms with Gasteiger partial charge in [-0.3, -0.25) is 14.8 Å². The highest BCUT2D eigenvalue weighted by Crippen LogP contribution is 2.38. The van der Waals surface area contributed by atoms with Gasteiger partial charge in [-0.15, -0.1) is 0 Å². The summed E-state index contributed by atoms with van der Waals surface area (Å²) in [5, 5.41) is 2.67. The van der Waals surface area contributed by atoms with Crippen LogP contribution in [-0.2, 0) is 5.67 Å². The first-order valence-corrected chi connectivity index (χ1v) is 12.2. The molecule has 1 aromatic heterocycles. The molecule has 4 rings (SSSR count). The predicted octanol–water partition coefficient (Wildman–Crippen LogP) is 3.63. The number of carbonyl (C=O) groups excluding carboxylic acids is 1. The molecule has 2 atom stereocenters. The first-order chi connectivity index (χ1) is 15.7. The third-order valence-corrected chi connectivity index (χ3v) is 7.64. The minimum atomic E-state index is -2.96. The maximum atomic E-state index is 15.4. The van der Waals surface area contributed by atoms with Crippen LogP contribution in [0.4, 0.5) is 18.0 Å². The van der Waals surface area contributed by atoms with Crippen molar-refractivity contribution in [3.05, 3.63) is 30.1 Å². The first kappa shape index (κ1) is 24.3. The van der Waals surface area contributed by atoms with Gasteiger partial charge in [-0.25, -0.2) is 18.0 Å². The second-order valence-corrected chi connectivity index (χ2v) is 9.98. The number of halogens is 3. The predicted molar refractivity (Wildman–Crippen MR) is 121 cm³/mol. The van der Waals surface area contributed by atoms with Crippen LogP contribution in [0.1, 0.15) is 51.6 Å². The monoisotopic (exact) mass is 467 g/mol. The normalized spacial score (nSPS) is 28.6. The molecule has 33 heavy (non-hydrogen) atoms. The van der Waals surface area contributed by atoms with E-state index in [1.54, 1.807) is 24.4 Å². The summed E-state index contributed by atoms with van der Waals surface area (Å²) in [6.45, 7) is 7.78. The van der Waals surface area contributed by atoms with Crippen molar-refractivity contribution in [2.75, 3.05) is 39.3 Å². The molecule has 0 aromatic carbocycles. The van der Waals surface area contributed by atoms with Crippen molar-refractivity contribution in [2.45, 2.75) is 75.7 Å². The molecule has 184 valence electrons. The van der Waals surface area contributed by atoms with Crippen molar-refractivity contribution in [1.29, 1.82) is 0 Å². The Morgan fingerprint density at radius 1 is 1.06 bits per heavy atom. The summed E-state index contributed by atoms with van der Waals surface area (Å²) in [5.41, 5.74) is -1.23. The fourth-order valence-electron chi connectivity index (χ4n) is 5.50. The number of piperazine rings is 1. The van der Waals surface area contributed by atoms with Crippen molar-refractivity contribution < 1.29 is 18.0 Å². The minimum Gasteiger partial charge on any atom is -0.328 e. The van der Waals surface area contributed by atoms with E-state index in [-0.39, 0.29) is 38.4 Å². The lowest BCUT2D eigenvalue weighted by Crippen LogP contribution is -2.66. The number of pyridine rings is 1. The molecular formula is C24H36F3N5O. The van der Waals surface area contributed by atoms with E-state index in [4.69, 9.17) is 0 Å². The van der Waals surface area contributed by atoms with E-state index < -0.39 is 23.7 Å². The number of alkyl halides is 3. The van der Waals surface area contributed by atoms with Crippen LogP contribution in [0, 0.1) is 0 Å². The van der Waals surface area contributed by atoms with Crippen LogP contribution in [0.2, 0.25) is 0 Å². The van der Waals surface area contributed by atoms with Gasteiger partial charge in [-0.2, -0.15) is 0 Å². The molecule has 2 saturated heterocycles. The Bertz CT molecular complexity index is 793. The number of aromatic nitrogens is 1. The van der Waals surface area contributed by atoms with Crippen LogP contribution in [0.3, 0.4) is 0 Å². The topological polar surface area (TPSA) is 51.7 Å². The number of hydrogen-bond acceptors (Lipinski definition) is 4. The van der Waals surface area contributed by atoms with E-state index in [1.807, 2.05) is 0 Å². The highest BCUT2D eigenvalue weighted by molar-refractivity contribution is 5.75. The highest BCUT2D eigenvalue weighted by atomic mass is 19.3. The molecule has 6 nitrogen and oxygen atoms in total. The molecule has 3 aliphatic rings. The third-order valence-electron chi connectivity index (χ3n) is 7.64. The molecule has 9 heteroatoms. The summed E-state index contributed by atoms with van der Waals surface area (Å²) in [4.78, 5) is 23.1. The van der Waals surface area contributed by atoms with E-state index in [0.717, 1.165) is 26.2 Å². The van der Waals surface area contributed by atoms with Crippen molar-refractivity contribution in [1.82, 2.24) is 25.0 Å². The number of nitrogens with zero attached hydrogens (tertiary/aromatic N) is 4. The van der Waals surface area contributed by atoms with Crippen molar-refractivity contribution >= 4 is 6.03 Å². The average Bonchev–Trinajstić information content (AvgIpc) is 2.81. The van der Waals surface area contributed by atoms with Gasteiger partial charge in [0.05, 0.1) is 5.69 Å². The molecule has 1 aromatic rings. The smallest absolute Gasteiger partial charge is 0.317 e. The van der Waals surface area contributed by atoms with Crippen LogP contribution < -0.4 is 5.32 Å². The molecule has 1 N–H and O–H groups in total. The van der Waals surface area contributed by atoms with Crippen LogP contribution in [0.25, 0.3) is 0 Å². The summed E-state index contributed by atoms with van der Waals surface area (Å²) in [6, 6.07) is 3.44. The van der Waals surface area contributed by atoms with Crippen LogP contribution in [0.5, 0.6) is 0 Å². The lowest BCUT2D eigenvalue weighted by Gasteiger charge is -2.47. The Morgan fingerprint density at radius 3 is 2.36 bits per heavy atom. The zero-order chi connectivity index (χ0) is 23.6. The fraction of sp³-hybridized carbons (Fsp3) is 0.750. The van der Waals surface area contributed by atoms with Gasteiger partial charge in [0.15, 0.2) is 5.67 Å². The molecule has 2 amide bonds. The summed E-state index contributed by atoms with van der Waals surface area (Å²) in [6.07, 6.45) is 2.66. The van der Waals surface area contributed by atoms with Gasteiger partial charge in [0.1, 0.15) is 6.04 Å². The van der Waals surface area contributed by atoms with Crippen LogP contribution in [0.15, 0.2) is 24.4 Å². The van der Waals surface area contributed by atoms with Gasteiger partial charge in [0.25, 0.3) is 5.92 Å². The molecule has 0 spiro atoms. The molecule has 1 aliphatic carbocycles. The number of likely N-dealkylation sites (tertiary alicyclic amines) is 1. The number of nitrogens with one attached hydrogen (secondary N) is 1. The van der Waals surface area contributed by atoms with E-state index in [1.165, 1.54) is 4.90 Å². The lowest BCUT2D eigenvalue weighted by atomic mass is 9.85. The van der Waals surface area contributed by atoms with Crippen molar-refractivity contribution in [3.8, 4) is 0 Å². The minimum absolute atomic E-state index is 0.110. The Morgan fingerprint density at radius 2 is 1.76 bits per heavy atom. The highest BCUT2D eigenvalue weighted by Gasteiger charge is 2.50. The second-order valence-electron chi connectivity index (χ2n) is 9.98. The number of hydrogen-bond donors (Lipinski definition) is 1. The summed E-state index contributed by atoms with van der Waals surface area (Å²) in [5.74, 6) is -2.96. The molecular weight excluding hydrogens is 431 g/mol. The Balaban J connectivity index is 1.39. The molecule has 1 saturated carbocycles. The molecule has 3 heterocycles. The quantitative estimate of drug-likeness (QED) is 0.735. The van der Waals surface area contributed by atoms with Crippen molar-refractivity contribution in [2.24, 2.45) is 0 Å². The molecule has 3 fully saturated rings. The summed E-state index contributed by atoms with van der Waals surface area (Å²) >= 11 is 0. The molecule has 0 radical (unpaired) electrons. The molecule has 0 unspecified atom stereocenters. The average molecular weight is 468 g/mol. The third kappa shape index (κ3) is 5.29. The first-order valence-electron chi connectivity index (χ1n) is 12.2. The van der Waals surface area contributed by atoms with Gasteiger partial charge < -0.3 is 10.2 Å². The zero-order valence-corrected chi connectivity index (χ0v) is 19.7. The lowest BCUT2D eigenvalue weighted by molar-refractivity contribution is -0.0975. The SMILES string of the molecule is CC(C)N1CCN([C@H]2CCCC(F)(F)[C@@H]2NC(=O)N2CCC(F)(c3ccccn3)CC2)CC1. The Labute approximate surface area is 194 Å². The second kappa shape index (κ2) is 9.78. The Kier molecular flexibility index (Phi) is 7.19. The number of carbonyl (C=O) groups is 1. The summed E-state index contributed by atoms with van der Waals surface area (Å²) in [7, 11) is 0. The van der Waals surface area contributed by atoms with Gasteiger partial charge in [-0.1, -0.05) is 6.07 Å². The zero-order valence-electron chi connectivity index (χ0n) is 19.7. The Hall–Kier alpha value is -1.87. The largest absolute Gasteiger partial charge is 0.328 e. The van der Waals surface area contributed by atoms with Gasteiger partial charge in [0.2, 0.25) is 0 Å². The van der Waals surface area contributed by atoms with E-state index in [9.17, 15) is 4.79 Å². The number of urea groups is 1. The van der Waals surface area contributed by atoms with Gasteiger partial charge in [-0.05, 0) is 38.8 Å². The van der Waals surface area contributed by atoms with Crippen LogP contribution in [-0.4, -0.2) is 89.0 Å². The number of amides is 2. The van der Waals surface area contributed by atoms with Gasteiger partial charge in [0, 0.05) is 76.8 Å². The summed E-state index contributed by atoms with van der Waals surface area (Å²) < 4.78 is 45.4. The standard InChI is InChI=1S/C24H36F3N5O/c1-18(2)30-14-16-31(17-15-30)19-6-5-8-24(26,27)21(19)29-22(33)32-12-9-23(25,10-13-32)20-7-3-4-11-28-20/h3-4,7,11,18-19,21H,5-6,8-10,12-17H2,1-2H3,(H,29,33)/t19-,21+/m0/s1. The maximum Gasteiger partial charge on any atom is 0.317 e. The van der Waals surface area contributed by atoms with Crippen molar-refractivity contribution in [3.63, 3.8) is 0 Å². The van der Waals surface area contributed by atoms with Gasteiger partial charge >= 0.3 is 6.03 Å². The van der Waals surface area contributed by atoms with Crippen LogP contribution >= 0.6 is 0 Å². The molecule has 2 aliphatic heterocycles. The van der Waals surface area contributed by atoms with E-state index in [2.05, 4.69) is 33.9 Å². The number of piperidine rings is 1. The fourth-order valence-corrected chi connectivity index (χ4v) is 5.50. The van der Waals surface area contributed by atoms with E-state index >= 15 is 13.2 Å².